The van der Waals surface area contributed by atoms with Gasteiger partial charge in [-0.25, -0.2) is 0 Å². The van der Waals surface area contributed by atoms with Gasteiger partial charge in [-0.2, -0.15) is 0 Å². The van der Waals surface area contributed by atoms with Crippen LogP contribution >= 0.6 is 0 Å². The maximum atomic E-state index is 12.3. The van der Waals surface area contributed by atoms with Gasteiger partial charge in [-0.05, 0) is 49.6 Å². The molecule has 0 spiro atoms. The van der Waals surface area contributed by atoms with E-state index >= 15 is 0 Å². The van der Waals surface area contributed by atoms with Crippen molar-refractivity contribution in [3.05, 3.63) is 60.2 Å². The van der Waals surface area contributed by atoms with E-state index in [2.05, 4.69) is 34.5 Å². The molecule has 0 aromatic heterocycles. The van der Waals surface area contributed by atoms with Gasteiger partial charge in [0.15, 0.2) is 0 Å². The average molecular weight is 338 g/mol. The van der Waals surface area contributed by atoms with Crippen molar-refractivity contribution in [3.8, 4) is 5.75 Å². The zero-order valence-corrected chi connectivity index (χ0v) is 14.8. The number of carbonyl (C=O) groups is 1. The van der Waals surface area contributed by atoms with Crippen LogP contribution in [0, 0.1) is 0 Å². The number of para-hydroxylation sites is 1. The second-order valence-electron chi connectivity index (χ2n) is 6.38. The molecule has 1 aliphatic rings. The summed E-state index contributed by atoms with van der Waals surface area (Å²) in [6.07, 6.45) is 2.71. The lowest BCUT2D eigenvalue weighted by Crippen LogP contribution is -2.40. The van der Waals surface area contributed by atoms with E-state index in [1.807, 2.05) is 37.3 Å². The number of carbonyl (C=O) groups excluding carboxylic acids is 1. The second kappa shape index (κ2) is 8.56. The van der Waals surface area contributed by atoms with Gasteiger partial charge in [-0.3, -0.25) is 4.79 Å². The number of rotatable bonds is 7. The first-order valence-electron chi connectivity index (χ1n) is 9.06. The molecule has 1 atom stereocenters. The molecule has 4 nitrogen and oxygen atoms in total. The molecule has 2 aromatic carbocycles. The van der Waals surface area contributed by atoms with Crippen molar-refractivity contribution in [2.24, 2.45) is 0 Å². The Morgan fingerprint density at radius 1 is 1.16 bits per heavy atom. The predicted octanol–water partition coefficient (Wildman–Crippen LogP) is 3.41. The van der Waals surface area contributed by atoms with Crippen LogP contribution in [-0.2, 0) is 11.2 Å². The molecule has 1 heterocycles. The quantitative estimate of drug-likeness (QED) is 0.841. The Hall–Kier alpha value is -2.49. The molecular formula is C21H26N2O2. The van der Waals surface area contributed by atoms with Crippen molar-refractivity contribution >= 4 is 11.6 Å². The number of nitrogens with zero attached hydrogens (tertiary/aromatic N) is 1. The minimum atomic E-state index is 0.0732. The summed E-state index contributed by atoms with van der Waals surface area (Å²) in [5, 5.41) is 3.10. The van der Waals surface area contributed by atoms with E-state index in [0.29, 0.717) is 25.6 Å². The third-order valence-corrected chi connectivity index (χ3v) is 4.60. The minimum absolute atomic E-state index is 0.0732. The molecule has 2 aromatic rings. The number of nitrogens with one attached hydrogen (secondary N) is 1. The Bertz CT molecular complexity index is 670. The smallest absolute Gasteiger partial charge is 0.224 e. The molecular weight excluding hydrogens is 312 g/mol. The van der Waals surface area contributed by atoms with Gasteiger partial charge in [-0.15, -0.1) is 0 Å². The van der Waals surface area contributed by atoms with E-state index in [1.165, 1.54) is 12.1 Å². The van der Waals surface area contributed by atoms with Crippen LogP contribution in [0.15, 0.2) is 54.6 Å². The summed E-state index contributed by atoms with van der Waals surface area (Å²) in [4.78, 5) is 14.7. The van der Waals surface area contributed by atoms with Crippen LogP contribution in [0.1, 0.15) is 25.3 Å². The van der Waals surface area contributed by atoms with E-state index in [0.717, 1.165) is 24.3 Å². The molecule has 1 aliphatic heterocycles. The van der Waals surface area contributed by atoms with Crippen LogP contribution in [0.5, 0.6) is 5.75 Å². The Kier molecular flexibility index (Phi) is 5.94. The summed E-state index contributed by atoms with van der Waals surface area (Å²) in [6, 6.07) is 18.6. The van der Waals surface area contributed by atoms with Gasteiger partial charge in [-0.1, -0.05) is 30.3 Å². The second-order valence-corrected chi connectivity index (χ2v) is 6.38. The lowest BCUT2D eigenvalue weighted by atomic mass is 10.1. The fourth-order valence-electron chi connectivity index (χ4n) is 3.36. The fraction of sp³-hybridized carbons (Fsp3) is 0.381. The van der Waals surface area contributed by atoms with Crippen molar-refractivity contribution in [1.29, 1.82) is 0 Å². The maximum Gasteiger partial charge on any atom is 0.224 e. The Labute approximate surface area is 149 Å². The van der Waals surface area contributed by atoms with Crippen molar-refractivity contribution < 1.29 is 9.53 Å². The van der Waals surface area contributed by atoms with Crippen molar-refractivity contribution in [3.63, 3.8) is 0 Å². The molecule has 3 rings (SSSR count). The van der Waals surface area contributed by atoms with Gasteiger partial charge in [0.2, 0.25) is 5.91 Å². The van der Waals surface area contributed by atoms with E-state index in [-0.39, 0.29) is 5.91 Å². The summed E-state index contributed by atoms with van der Waals surface area (Å²) in [5.41, 5.74) is 2.25. The maximum absolute atomic E-state index is 12.3. The molecule has 25 heavy (non-hydrogen) atoms. The molecule has 1 saturated heterocycles. The highest BCUT2D eigenvalue weighted by Crippen LogP contribution is 2.24. The minimum Gasteiger partial charge on any atom is -0.494 e. The van der Waals surface area contributed by atoms with E-state index in [1.54, 1.807) is 0 Å². The molecule has 0 aliphatic carbocycles. The molecule has 1 fully saturated rings. The van der Waals surface area contributed by atoms with Crippen LogP contribution in [0.4, 0.5) is 5.69 Å². The topological polar surface area (TPSA) is 41.6 Å². The van der Waals surface area contributed by atoms with Crippen LogP contribution in [-0.4, -0.2) is 31.6 Å². The largest absolute Gasteiger partial charge is 0.494 e. The highest BCUT2D eigenvalue weighted by atomic mass is 16.5. The summed E-state index contributed by atoms with van der Waals surface area (Å²) in [5.74, 6) is 0.917. The van der Waals surface area contributed by atoms with Crippen LogP contribution in [0.2, 0.25) is 0 Å². The first-order chi connectivity index (χ1) is 12.3. The van der Waals surface area contributed by atoms with E-state index < -0.39 is 0 Å². The van der Waals surface area contributed by atoms with Crippen LogP contribution < -0.4 is 15.0 Å². The molecule has 132 valence electrons. The zero-order valence-electron chi connectivity index (χ0n) is 14.8. The molecule has 0 bridgehead atoms. The number of anilines is 1. The number of amides is 1. The molecule has 0 saturated carbocycles. The first kappa shape index (κ1) is 17.3. The average Bonchev–Trinajstić information content (AvgIpc) is 3.11. The van der Waals surface area contributed by atoms with Crippen molar-refractivity contribution in [2.75, 3.05) is 24.6 Å². The number of benzene rings is 2. The highest BCUT2D eigenvalue weighted by molar-refractivity contribution is 5.78. The molecule has 0 unspecified atom stereocenters. The third kappa shape index (κ3) is 4.75. The van der Waals surface area contributed by atoms with Gasteiger partial charge in [0.05, 0.1) is 13.0 Å². The van der Waals surface area contributed by atoms with E-state index in [9.17, 15) is 4.79 Å². The van der Waals surface area contributed by atoms with Gasteiger partial charge >= 0.3 is 0 Å². The van der Waals surface area contributed by atoms with Crippen LogP contribution in [0.25, 0.3) is 0 Å². The fourth-order valence-corrected chi connectivity index (χ4v) is 3.36. The normalized spacial score (nSPS) is 16.7. The Balaban J connectivity index is 1.50. The third-order valence-electron chi connectivity index (χ3n) is 4.60. The summed E-state index contributed by atoms with van der Waals surface area (Å²) >= 11 is 0. The first-order valence-corrected chi connectivity index (χ1v) is 9.06. The number of hydrogen-bond donors (Lipinski definition) is 1. The Morgan fingerprint density at radius 2 is 1.92 bits per heavy atom. The van der Waals surface area contributed by atoms with Crippen molar-refractivity contribution in [1.82, 2.24) is 5.32 Å². The van der Waals surface area contributed by atoms with Crippen LogP contribution in [0.3, 0.4) is 0 Å². The highest BCUT2D eigenvalue weighted by Gasteiger charge is 2.24. The SMILES string of the molecule is CCOc1ccc(CC(=O)NC[C@@H]2CCCN2c2ccccc2)cc1. The molecule has 4 heteroatoms. The Morgan fingerprint density at radius 3 is 2.64 bits per heavy atom. The number of ether oxygens (including phenoxy) is 1. The zero-order chi connectivity index (χ0) is 17.5. The monoisotopic (exact) mass is 338 g/mol. The summed E-state index contributed by atoms with van der Waals surface area (Å²) in [7, 11) is 0. The van der Waals surface area contributed by atoms with Gasteiger partial charge in [0.25, 0.3) is 0 Å². The molecule has 1 amide bonds. The lowest BCUT2D eigenvalue weighted by molar-refractivity contribution is -0.120. The van der Waals surface area contributed by atoms with Gasteiger partial charge in [0, 0.05) is 24.8 Å². The lowest BCUT2D eigenvalue weighted by Gasteiger charge is -2.27. The summed E-state index contributed by atoms with van der Waals surface area (Å²) in [6.45, 7) is 4.37. The molecule has 1 N–H and O–H groups in total. The molecule has 0 radical (unpaired) electrons. The van der Waals surface area contributed by atoms with Gasteiger partial charge in [0.1, 0.15) is 5.75 Å². The van der Waals surface area contributed by atoms with Gasteiger partial charge < -0.3 is 15.0 Å². The van der Waals surface area contributed by atoms with E-state index in [4.69, 9.17) is 4.74 Å². The predicted molar refractivity (Wildman–Crippen MR) is 101 cm³/mol. The number of hydrogen-bond acceptors (Lipinski definition) is 3. The summed E-state index contributed by atoms with van der Waals surface area (Å²) < 4.78 is 5.43. The van der Waals surface area contributed by atoms with Crippen molar-refractivity contribution in [2.45, 2.75) is 32.2 Å². The standard InChI is InChI=1S/C21H26N2O2/c1-2-25-20-12-10-17(11-13-20)15-21(24)22-16-19-9-6-14-23(19)18-7-4-3-5-8-18/h3-5,7-8,10-13,19H,2,6,9,14-16H2,1H3,(H,22,24)/t19-/m0/s1.